The van der Waals surface area contributed by atoms with Gasteiger partial charge in [-0.05, 0) is 25.2 Å². The summed E-state index contributed by atoms with van der Waals surface area (Å²) in [6.45, 7) is 0. The first-order valence-corrected chi connectivity index (χ1v) is 8.59. The SMILES string of the molecule is Cn1cnc(S(=O)(=O)N2C(C(=O)O)CC3CCCCC32)c1. The maximum Gasteiger partial charge on any atom is 0.322 e. The lowest BCUT2D eigenvalue weighted by atomic mass is 9.85. The van der Waals surface area contributed by atoms with Crippen molar-refractivity contribution < 1.29 is 18.3 Å². The topological polar surface area (TPSA) is 92.5 Å². The molecule has 1 aliphatic carbocycles. The van der Waals surface area contributed by atoms with Crippen LogP contribution in [0.2, 0.25) is 0 Å². The molecule has 0 aromatic carbocycles. The van der Waals surface area contributed by atoms with E-state index in [-0.39, 0.29) is 17.0 Å². The summed E-state index contributed by atoms with van der Waals surface area (Å²) < 4.78 is 28.4. The summed E-state index contributed by atoms with van der Waals surface area (Å²) in [5.41, 5.74) is 0. The molecular formula is C13H19N3O4S. The van der Waals surface area contributed by atoms with Crippen LogP contribution in [0, 0.1) is 5.92 Å². The minimum Gasteiger partial charge on any atom is -0.480 e. The average molecular weight is 313 g/mol. The highest BCUT2D eigenvalue weighted by molar-refractivity contribution is 7.89. The molecule has 1 saturated carbocycles. The van der Waals surface area contributed by atoms with E-state index in [4.69, 9.17) is 0 Å². The number of hydrogen-bond acceptors (Lipinski definition) is 4. The number of aliphatic carboxylic acids is 1. The molecule has 0 bridgehead atoms. The van der Waals surface area contributed by atoms with E-state index >= 15 is 0 Å². The molecule has 0 radical (unpaired) electrons. The van der Waals surface area contributed by atoms with Crippen molar-refractivity contribution in [3.63, 3.8) is 0 Å². The molecule has 1 aromatic rings. The van der Waals surface area contributed by atoms with E-state index < -0.39 is 22.0 Å². The van der Waals surface area contributed by atoms with Crippen LogP contribution in [0.3, 0.4) is 0 Å². The highest BCUT2D eigenvalue weighted by atomic mass is 32.2. The Morgan fingerprint density at radius 1 is 1.38 bits per heavy atom. The normalized spacial score (nSPS) is 30.2. The third kappa shape index (κ3) is 2.36. The van der Waals surface area contributed by atoms with E-state index in [1.54, 1.807) is 11.6 Å². The van der Waals surface area contributed by atoms with Gasteiger partial charge in [0.05, 0.1) is 6.33 Å². The third-order valence-electron chi connectivity index (χ3n) is 4.54. The second-order valence-electron chi connectivity index (χ2n) is 5.91. The number of carboxylic acids is 1. The van der Waals surface area contributed by atoms with Crippen LogP contribution in [0.5, 0.6) is 0 Å². The van der Waals surface area contributed by atoms with Gasteiger partial charge in [0, 0.05) is 19.3 Å². The summed E-state index contributed by atoms with van der Waals surface area (Å²) in [7, 11) is -2.17. The van der Waals surface area contributed by atoms with E-state index in [0.717, 1.165) is 25.7 Å². The molecule has 0 spiro atoms. The second kappa shape index (κ2) is 5.10. The van der Waals surface area contributed by atoms with Crippen molar-refractivity contribution in [3.8, 4) is 0 Å². The number of sulfonamides is 1. The zero-order valence-corrected chi connectivity index (χ0v) is 12.7. The number of carboxylic acid groups (broad SMARTS) is 1. The minimum absolute atomic E-state index is 0.0672. The van der Waals surface area contributed by atoms with Crippen LogP contribution in [0.1, 0.15) is 32.1 Å². The van der Waals surface area contributed by atoms with Gasteiger partial charge in [-0.15, -0.1) is 0 Å². The molecule has 1 aliphatic heterocycles. The van der Waals surface area contributed by atoms with Crippen LogP contribution in [0.15, 0.2) is 17.6 Å². The molecule has 3 rings (SSSR count). The molecule has 1 N–H and O–H groups in total. The van der Waals surface area contributed by atoms with Crippen LogP contribution in [-0.2, 0) is 21.9 Å². The zero-order chi connectivity index (χ0) is 15.2. The fraction of sp³-hybridized carbons (Fsp3) is 0.692. The summed E-state index contributed by atoms with van der Waals surface area (Å²) >= 11 is 0. The highest BCUT2D eigenvalue weighted by Gasteiger charge is 2.51. The van der Waals surface area contributed by atoms with Gasteiger partial charge < -0.3 is 9.67 Å². The lowest BCUT2D eigenvalue weighted by Crippen LogP contribution is -2.46. The minimum atomic E-state index is -3.86. The summed E-state index contributed by atoms with van der Waals surface area (Å²) in [5, 5.41) is 9.35. The van der Waals surface area contributed by atoms with E-state index in [2.05, 4.69) is 4.98 Å². The van der Waals surface area contributed by atoms with Gasteiger partial charge in [0.2, 0.25) is 0 Å². The molecule has 8 heteroatoms. The molecule has 1 saturated heterocycles. The number of hydrogen-bond donors (Lipinski definition) is 1. The van der Waals surface area contributed by atoms with Gasteiger partial charge in [-0.3, -0.25) is 4.79 Å². The smallest absolute Gasteiger partial charge is 0.322 e. The number of aryl methyl sites for hydroxylation is 1. The summed E-state index contributed by atoms with van der Waals surface area (Å²) in [6.07, 6.45) is 6.88. The van der Waals surface area contributed by atoms with Crippen molar-refractivity contribution in [1.29, 1.82) is 0 Å². The Morgan fingerprint density at radius 2 is 2.10 bits per heavy atom. The van der Waals surface area contributed by atoms with Crippen molar-refractivity contribution in [1.82, 2.24) is 13.9 Å². The molecule has 116 valence electrons. The van der Waals surface area contributed by atoms with Gasteiger partial charge in [0.25, 0.3) is 10.0 Å². The maximum atomic E-state index is 12.8. The first-order valence-electron chi connectivity index (χ1n) is 7.15. The van der Waals surface area contributed by atoms with Crippen molar-refractivity contribution in [2.75, 3.05) is 0 Å². The molecule has 1 aromatic heterocycles. The molecule has 2 fully saturated rings. The van der Waals surface area contributed by atoms with Crippen molar-refractivity contribution >= 4 is 16.0 Å². The van der Waals surface area contributed by atoms with Gasteiger partial charge in [-0.25, -0.2) is 13.4 Å². The van der Waals surface area contributed by atoms with Crippen LogP contribution < -0.4 is 0 Å². The summed E-state index contributed by atoms with van der Waals surface area (Å²) in [5.74, 6) is -0.915. The van der Waals surface area contributed by atoms with Crippen molar-refractivity contribution in [3.05, 3.63) is 12.5 Å². The predicted octanol–water partition coefficient (Wildman–Crippen LogP) is 0.826. The van der Waals surface area contributed by atoms with E-state index in [0.29, 0.717) is 6.42 Å². The van der Waals surface area contributed by atoms with Gasteiger partial charge in [-0.1, -0.05) is 12.8 Å². The predicted molar refractivity (Wildman–Crippen MR) is 74.0 cm³/mol. The number of imidazole rings is 1. The van der Waals surface area contributed by atoms with Crippen LogP contribution in [0.25, 0.3) is 0 Å². The summed E-state index contributed by atoms with van der Waals surface area (Å²) in [6, 6.07) is -1.17. The van der Waals surface area contributed by atoms with E-state index in [9.17, 15) is 18.3 Å². The first-order chi connectivity index (χ1) is 9.91. The molecule has 3 atom stereocenters. The Morgan fingerprint density at radius 3 is 2.71 bits per heavy atom. The van der Waals surface area contributed by atoms with Crippen molar-refractivity contribution in [2.24, 2.45) is 13.0 Å². The Kier molecular flexibility index (Phi) is 3.53. The quantitative estimate of drug-likeness (QED) is 0.892. The largest absolute Gasteiger partial charge is 0.480 e. The summed E-state index contributed by atoms with van der Waals surface area (Å²) in [4.78, 5) is 15.4. The number of aromatic nitrogens is 2. The number of fused-ring (bicyclic) bond motifs is 1. The van der Waals surface area contributed by atoms with E-state index in [1.165, 1.54) is 16.8 Å². The molecular weight excluding hydrogens is 294 g/mol. The second-order valence-corrected chi connectivity index (χ2v) is 7.70. The van der Waals surface area contributed by atoms with Crippen LogP contribution >= 0.6 is 0 Å². The average Bonchev–Trinajstić information content (AvgIpc) is 3.02. The van der Waals surface area contributed by atoms with Crippen molar-refractivity contribution in [2.45, 2.75) is 49.2 Å². The zero-order valence-electron chi connectivity index (χ0n) is 11.8. The van der Waals surface area contributed by atoms with Gasteiger partial charge in [-0.2, -0.15) is 4.31 Å². The number of carbonyl (C=O) groups is 1. The highest BCUT2D eigenvalue weighted by Crippen LogP contribution is 2.42. The third-order valence-corrected chi connectivity index (χ3v) is 6.36. The van der Waals surface area contributed by atoms with Crippen LogP contribution in [0.4, 0.5) is 0 Å². The number of nitrogens with zero attached hydrogens (tertiary/aromatic N) is 3. The van der Waals surface area contributed by atoms with Crippen LogP contribution in [-0.4, -0.2) is 45.4 Å². The molecule has 21 heavy (non-hydrogen) atoms. The number of rotatable bonds is 3. The Bertz CT molecular complexity index is 654. The van der Waals surface area contributed by atoms with Gasteiger partial charge in [0.1, 0.15) is 6.04 Å². The Hall–Kier alpha value is -1.41. The monoisotopic (exact) mass is 313 g/mol. The molecule has 0 amide bonds. The Labute approximate surface area is 123 Å². The van der Waals surface area contributed by atoms with Gasteiger partial charge in [0.15, 0.2) is 5.03 Å². The molecule has 3 unspecified atom stereocenters. The van der Waals surface area contributed by atoms with Gasteiger partial charge >= 0.3 is 5.97 Å². The van der Waals surface area contributed by atoms with E-state index in [1.807, 2.05) is 0 Å². The lowest BCUT2D eigenvalue weighted by molar-refractivity contribution is -0.141. The lowest BCUT2D eigenvalue weighted by Gasteiger charge is -2.31. The fourth-order valence-electron chi connectivity index (χ4n) is 3.61. The molecule has 2 heterocycles. The maximum absolute atomic E-state index is 12.8. The first kappa shape index (κ1) is 14.5. The fourth-order valence-corrected chi connectivity index (χ4v) is 5.45. The standard InChI is InChI=1S/C13H19N3O4S/c1-15-7-12(14-8-15)21(19,20)16-10-5-3-2-4-9(10)6-11(16)13(17)18/h7-11H,2-6H2,1H3,(H,17,18). The molecule has 7 nitrogen and oxygen atoms in total. The Balaban J connectivity index is 2.02. The molecule has 2 aliphatic rings.